The Labute approximate surface area is 140 Å². The van der Waals surface area contributed by atoms with Gasteiger partial charge in [-0.1, -0.05) is 13.8 Å². The predicted molar refractivity (Wildman–Crippen MR) is 89.7 cm³/mol. The maximum Gasteiger partial charge on any atom is 0.220 e. The Kier molecular flexibility index (Phi) is 3.45. The second kappa shape index (κ2) is 5.07. The van der Waals surface area contributed by atoms with Crippen LogP contribution in [0.3, 0.4) is 0 Å². The van der Waals surface area contributed by atoms with Gasteiger partial charge in [-0.2, -0.15) is 0 Å². The quantitative estimate of drug-likeness (QED) is 0.801. The number of nitrogens with one attached hydrogen (secondary N) is 1. The Balaban J connectivity index is 1.63. The number of carbonyl (C=O) groups excluding carboxylic acids is 2. The first-order valence-electron chi connectivity index (χ1n) is 9.66. The van der Waals surface area contributed by atoms with Crippen LogP contribution >= 0.6 is 0 Å². The molecule has 1 amide bonds. The van der Waals surface area contributed by atoms with Gasteiger partial charge in [0.2, 0.25) is 5.91 Å². The van der Waals surface area contributed by atoms with E-state index in [1.54, 1.807) is 6.92 Å². The molecule has 1 N–H and O–H groups in total. The van der Waals surface area contributed by atoms with Crippen molar-refractivity contribution in [2.45, 2.75) is 78.2 Å². The van der Waals surface area contributed by atoms with Crippen molar-refractivity contribution in [1.29, 1.82) is 0 Å². The molecule has 3 nitrogen and oxygen atoms in total. The molecule has 1 aliphatic heterocycles. The highest BCUT2D eigenvalue weighted by atomic mass is 16.1. The summed E-state index contributed by atoms with van der Waals surface area (Å²) in [6.07, 6.45) is 8.96. The van der Waals surface area contributed by atoms with Crippen molar-refractivity contribution in [3.63, 3.8) is 0 Å². The third kappa shape index (κ3) is 2.07. The molecule has 0 bridgehead atoms. The van der Waals surface area contributed by atoms with Crippen LogP contribution in [0.15, 0.2) is 0 Å². The van der Waals surface area contributed by atoms with Gasteiger partial charge in [-0.05, 0) is 80.5 Å². The van der Waals surface area contributed by atoms with Crippen molar-refractivity contribution in [2.24, 2.45) is 34.5 Å². The lowest BCUT2D eigenvalue weighted by atomic mass is 9.47. The van der Waals surface area contributed by atoms with E-state index in [1.165, 1.54) is 25.7 Å². The SMILES string of the molecule is CC(=O)[C@H]1CCC2C3CCC4NC(=O)CCC4(C)C3CCC21C. The number of fused-ring (bicyclic) bond motifs is 5. The summed E-state index contributed by atoms with van der Waals surface area (Å²) < 4.78 is 0. The molecule has 1 saturated heterocycles. The zero-order valence-electron chi connectivity index (χ0n) is 14.9. The molecule has 0 aromatic heterocycles. The van der Waals surface area contributed by atoms with Gasteiger partial charge in [-0.3, -0.25) is 9.59 Å². The molecule has 0 radical (unpaired) electrons. The minimum absolute atomic E-state index is 0.244. The summed E-state index contributed by atoms with van der Waals surface area (Å²) in [5, 5.41) is 3.30. The van der Waals surface area contributed by atoms with Crippen LogP contribution in [0.1, 0.15) is 72.1 Å². The van der Waals surface area contributed by atoms with Crippen LogP contribution in [-0.4, -0.2) is 17.7 Å². The van der Waals surface area contributed by atoms with Gasteiger partial charge in [0, 0.05) is 18.4 Å². The number of rotatable bonds is 1. The summed E-state index contributed by atoms with van der Waals surface area (Å²) in [6.45, 7) is 6.65. The summed E-state index contributed by atoms with van der Waals surface area (Å²) in [6, 6.07) is 0.388. The molecule has 0 aromatic carbocycles. The molecule has 4 aliphatic rings. The fraction of sp³-hybridized carbons (Fsp3) is 0.900. The second-order valence-electron chi connectivity index (χ2n) is 9.37. The van der Waals surface area contributed by atoms with Gasteiger partial charge in [0.15, 0.2) is 0 Å². The van der Waals surface area contributed by atoms with Crippen molar-refractivity contribution in [1.82, 2.24) is 5.32 Å². The van der Waals surface area contributed by atoms with Crippen LogP contribution in [0.4, 0.5) is 0 Å². The van der Waals surface area contributed by atoms with Crippen LogP contribution in [0.5, 0.6) is 0 Å². The fourth-order valence-corrected chi connectivity index (χ4v) is 7.37. The molecule has 1 heterocycles. The average Bonchev–Trinajstić information content (AvgIpc) is 2.85. The summed E-state index contributed by atoms with van der Waals surface area (Å²) in [5.74, 6) is 3.21. The first-order chi connectivity index (χ1) is 10.9. The summed E-state index contributed by atoms with van der Waals surface area (Å²) in [4.78, 5) is 24.0. The van der Waals surface area contributed by atoms with Crippen LogP contribution in [-0.2, 0) is 9.59 Å². The maximum atomic E-state index is 12.1. The van der Waals surface area contributed by atoms with Gasteiger partial charge < -0.3 is 5.32 Å². The van der Waals surface area contributed by atoms with Crippen molar-refractivity contribution < 1.29 is 9.59 Å². The molecule has 23 heavy (non-hydrogen) atoms. The van der Waals surface area contributed by atoms with Gasteiger partial charge in [0.25, 0.3) is 0 Å². The van der Waals surface area contributed by atoms with E-state index in [2.05, 4.69) is 19.2 Å². The number of ketones is 1. The fourth-order valence-electron chi connectivity index (χ4n) is 7.37. The Morgan fingerprint density at radius 1 is 1.00 bits per heavy atom. The first kappa shape index (κ1) is 15.7. The Morgan fingerprint density at radius 3 is 2.48 bits per heavy atom. The molecule has 3 saturated carbocycles. The number of Topliss-reactive ketones (excluding diaryl/α,β-unsaturated/α-hetero) is 1. The van der Waals surface area contributed by atoms with Gasteiger partial charge in [-0.25, -0.2) is 0 Å². The molecular formula is C20H31NO2. The second-order valence-corrected chi connectivity index (χ2v) is 9.37. The smallest absolute Gasteiger partial charge is 0.220 e. The van der Waals surface area contributed by atoms with E-state index in [0.29, 0.717) is 24.2 Å². The molecule has 4 rings (SSSR count). The molecule has 7 atom stereocenters. The zero-order chi connectivity index (χ0) is 16.4. The number of amides is 1. The first-order valence-corrected chi connectivity index (χ1v) is 9.66. The van der Waals surface area contributed by atoms with Crippen molar-refractivity contribution >= 4 is 11.7 Å². The summed E-state index contributed by atoms with van der Waals surface area (Å²) in [7, 11) is 0. The molecule has 3 heteroatoms. The normalized spacial score (nSPS) is 52.1. The van der Waals surface area contributed by atoms with Crippen molar-refractivity contribution in [3.8, 4) is 0 Å². The van der Waals surface area contributed by atoms with Gasteiger partial charge in [-0.15, -0.1) is 0 Å². The van der Waals surface area contributed by atoms with E-state index in [0.717, 1.165) is 37.0 Å². The Morgan fingerprint density at radius 2 is 1.74 bits per heavy atom. The molecule has 0 spiro atoms. The molecule has 3 aliphatic carbocycles. The van der Waals surface area contributed by atoms with Crippen LogP contribution in [0.2, 0.25) is 0 Å². The minimum Gasteiger partial charge on any atom is -0.353 e. The molecular weight excluding hydrogens is 286 g/mol. The number of hydrogen-bond acceptors (Lipinski definition) is 2. The third-order valence-electron chi connectivity index (χ3n) is 8.59. The topological polar surface area (TPSA) is 46.2 Å². The van der Waals surface area contributed by atoms with Crippen LogP contribution in [0, 0.1) is 34.5 Å². The van der Waals surface area contributed by atoms with E-state index in [9.17, 15) is 9.59 Å². The van der Waals surface area contributed by atoms with E-state index in [4.69, 9.17) is 0 Å². The monoisotopic (exact) mass is 317 g/mol. The lowest BCUT2D eigenvalue weighted by Crippen LogP contribution is -2.61. The standard InChI is InChI=1S/C20H31NO2/c1-12(22)14-5-6-15-13-4-7-17-20(3,11-9-18(23)21-17)16(13)8-10-19(14,15)2/h13-17H,4-11H2,1-3H3,(H,21,23)/t13?,14-,15?,16?,17?,19?,20?/m1/s1. The summed E-state index contributed by atoms with van der Waals surface area (Å²) >= 11 is 0. The largest absolute Gasteiger partial charge is 0.353 e. The number of piperidine rings is 1. The number of hydrogen-bond donors (Lipinski definition) is 1. The predicted octanol–water partition coefficient (Wildman–Crippen LogP) is 3.71. The summed E-state index contributed by atoms with van der Waals surface area (Å²) in [5.41, 5.74) is 0.528. The zero-order valence-corrected chi connectivity index (χ0v) is 14.9. The Bertz CT molecular complexity index is 544. The van der Waals surface area contributed by atoms with Gasteiger partial charge >= 0.3 is 0 Å². The lowest BCUT2D eigenvalue weighted by Gasteiger charge is -2.60. The van der Waals surface area contributed by atoms with Gasteiger partial charge in [0.05, 0.1) is 0 Å². The van der Waals surface area contributed by atoms with Crippen molar-refractivity contribution in [3.05, 3.63) is 0 Å². The van der Waals surface area contributed by atoms with Crippen LogP contribution < -0.4 is 5.32 Å². The van der Waals surface area contributed by atoms with Crippen molar-refractivity contribution in [2.75, 3.05) is 0 Å². The van der Waals surface area contributed by atoms with E-state index < -0.39 is 0 Å². The highest BCUT2D eigenvalue weighted by Gasteiger charge is 2.60. The van der Waals surface area contributed by atoms with Gasteiger partial charge in [0.1, 0.15) is 5.78 Å². The Hall–Kier alpha value is -0.860. The average molecular weight is 317 g/mol. The molecule has 6 unspecified atom stereocenters. The molecule has 4 fully saturated rings. The highest BCUT2D eigenvalue weighted by Crippen LogP contribution is 2.65. The van der Waals surface area contributed by atoms with E-state index >= 15 is 0 Å². The maximum absolute atomic E-state index is 12.1. The molecule has 128 valence electrons. The third-order valence-corrected chi connectivity index (χ3v) is 8.59. The van der Waals surface area contributed by atoms with Crippen LogP contribution in [0.25, 0.3) is 0 Å². The van der Waals surface area contributed by atoms with E-state index in [1.807, 2.05) is 0 Å². The lowest BCUT2D eigenvalue weighted by molar-refractivity contribution is -0.140. The van der Waals surface area contributed by atoms with E-state index in [-0.39, 0.29) is 16.7 Å². The molecule has 0 aromatic rings. The number of carbonyl (C=O) groups is 2. The highest BCUT2D eigenvalue weighted by molar-refractivity contribution is 5.79. The minimum atomic E-state index is 0.244.